The van der Waals surface area contributed by atoms with Gasteiger partial charge in [-0.15, -0.1) is 0 Å². The Labute approximate surface area is 221 Å². The van der Waals surface area contributed by atoms with Gasteiger partial charge in [0.1, 0.15) is 12.3 Å². The second kappa shape index (κ2) is 11.8. The van der Waals surface area contributed by atoms with E-state index in [4.69, 9.17) is 14.2 Å². The van der Waals surface area contributed by atoms with Gasteiger partial charge in [-0.05, 0) is 55.0 Å². The lowest BCUT2D eigenvalue weighted by Crippen LogP contribution is -2.41. The van der Waals surface area contributed by atoms with Gasteiger partial charge in [-0.2, -0.15) is 0 Å². The topological polar surface area (TPSA) is 129 Å². The number of nitro groups is 1. The summed E-state index contributed by atoms with van der Waals surface area (Å²) in [6.07, 6.45) is 0. The van der Waals surface area contributed by atoms with Crippen molar-refractivity contribution >= 4 is 27.3 Å². The van der Waals surface area contributed by atoms with Crippen molar-refractivity contribution in [1.82, 2.24) is 4.90 Å². The number of sulfonamides is 1. The van der Waals surface area contributed by atoms with Crippen LogP contribution in [0.2, 0.25) is 0 Å². The number of hydrogen-bond acceptors (Lipinski definition) is 8. The summed E-state index contributed by atoms with van der Waals surface area (Å²) in [6, 6.07) is 15.0. The van der Waals surface area contributed by atoms with Crippen molar-refractivity contribution in [2.75, 3.05) is 39.2 Å². The second-order valence-corrected chi connectivity index (χ2v) is 10.2. The first kappa shape index (κ1) is 28.3. The smallest absolute Gasteiger partial charge is 0.273 e. The minimum atomic E-state index is -4.36. The molecule has 0 aliphatic heterocycles. The monoisotopic (exact) mass is 543 g/mol. The predicted octanol–water partition coefficient (Wildman–Crippen LogP) is 3.78. The molecule has 0 atom stereocenters. The number of likely N-dealkylation sites (N-methyl/N-ethyl adjacent to an activating group) is 1. The zero-order valence-electron chi connectivity index (χ0n) is 21.7. The van der Waals surface area contributed by atoms with Crippen LogP contribution in [-0.4, -0.2) is 59.1 Å². The number of methoxy groups -OCH3 is 3. The molecule has 3 aromatic rings. The average Bonchev–Trinajstić information content (AvgIpc) is 2.91. The molecule has 0 saturated carbocycles. The van der Waals surface area contributed by atoms with Crippen molar-refractivity contribution in [3.05, 3.63) is 81.9 Å². The van der Waals surface area contributed by atoms with E-state index in [1.54, 1.807) is 37.4 Å². The van der Waals surface area contributed by atoms with Crippen molar-refractivity contribution in [2.45, 2.75) is 18.4 Å². The third-order valence-corrected chi connectivity index (χ3v) is 7.67. The molecule has 0 radical (unpaired) electrons. The Balaban J connectivity index is 1.96. The van der Waals surface area contributed by atoms with Gasteiger partial charge in [0.15, 0.2) is 11.5 Å². The number of amides is 1. The molecule has 0 aliphatic carbocycles. The SMILES string of the molecule is COc1ccc(N(CC(=O)N(C)Cc2ccc(OC)c(OC)c2)S(=O)(=O)c2ccc(C)c([N+](=O)[O-])c2)cc1. The highest BCUT2D eigenvalue weighted by Crippen LogP contribution is 2.30. The van der Waals surface area contributed by atoms with Crippen LogP contribution in [0.1, 0.15) is 11.1 Å². The molecule has 0 fully saturated rings. The summed E-state index contributed by atoms with van der Waals surface area (Å²) in [7, 11) is 1.68. The van der Waals surface area contributed by atoms with E-state index in [1.165, 1.54) is 57.4 Å². The summed E-state index contributed by atoms with van der Waals surface area (Å²) >= 11 is 0. The Bertz CT molecular complexity index is 1420. The molecule has 12 heteroatoms. The highest BCUT2D eigenvalue weighted by molar-refractivity contribution is 7.92. The molecule has 1 amide bonds. The molecular formula is C26H29N3O8S. The number of rotatable bonds is 11. The van der Waals surface area contributed by atoms with Gasteiger partial charge in [0, 0.05) is 25.2 Å². The van der Waals surface area contributed by atoms with Crippen LogP contribution < -0.4 is 18.5 Å². The van der Waals surface area contributed by atoms with E-state index >= 15 is 0 Å². The van der Waals surface area contributed by atoms with Crippen molar-refractivity contribution < 1.29 is 32.3 Å². The number of benzene rings is 3. The number of anilines is 1. The molecule has 11 nitrogen and oxygen atoms in total. The molecule has 202 valence electrons. The minimum Gasteiger partial charge on any atom is -0.497 e. The fourth-order valence-corrected chi connectivity index (χ4v) is 5.16. The van der Waals surface area contributed by atoms with Gasteiger partial charge in [0.2, 0.25) is 5.91 Å². The maximum atomic E-state index is 13.7. The lowest BCUT2D eigenvalue weighted by Gasteiger charge is -2.27. The van der Waals surface area contributed by atoms with Gasteiger partial charge in [0.25, 0.3) is 15.7 Å². The van der Waals surface area contributed by atoms with E-state index in [9.17, 15) is 23.3 Å². The maximum Gasteiger partial charge on any atom is 0.273 e. The summed E-state index contributed by atoms with van der Waals surface area (Å²) < 4.78 is 44.1. The van der Waals surface area contributed by atoms with E-state index in [-0.39, 0.29) is 22.8 Å². The highest BCUT2D eigenvalue weighted by Gasteiger charge is 2.30. The van der Waals surface area contributed by atoms with Gasteiger partial charge < -0.3 is 19.1 Å². The van der Waals surface area contributed by atoms with Gasteiger partial charge in [-0.3, -0.25) is 19.2 Å². The lowest BCUT2D eigenvalue weighted by molar-refractivity contribution is -0.385. The third kappa shape index (κ3) is 6.14. The summed E-state index contributed by atoms with van der Waals surface area (Å²) in [6.45, 7) is 1.15. The quantitative estimate of drug-likeness (QED) is 0.264. The molecule has 0 saturated heterocycles. The number of hydrogen-bond donors (Lipinski definition) is 0. The van der Waals surface area contributed by atoms with Crippen LogP contribution in [-0.2, 0) is 21.4 Å². The molecule has 38 heavy (non-hydrogen) atoms. The first-order valence-electron chi connectivity index (χ1n) is 11.4. The standard InChI is InChI=1S/C26H29N3O8S/c1-18-6-12-22(15-23(18)29(31)32)38(33,34)28(20-8-10-21(35-3)11-9-20)17-26(30)27(2)16-19-7-13-24(36-4)25(14-19)37-5/h6-15H,16-17H2,1-5H3. The van der Waals surface area contributed by atoms with Crippen LogP contribution in [0.4, 0.5) is 11.4 Å². The number of carbonyl (C=O) groups excluding carboxylic acids is 1. The summed E-state index contributed by atoms with van der Waals surface area (Å²) in [5.74, 6) is 1.03. The van der Waals surface area contributed by atoms with E-state index in [0.717, 1.165) is 15.9 Å². The third-order valence-electron chi connectivity index (χ3n) is 5.90. The normalized spacial score (nSPS) is 11.0. The number of aryl methyl sites for hydroxylation is 1. The fraction of sp³-hybridized carbons (Fsp3) is 0.269. The highest BCUT2D eigenvalue weighted by atomic mass is 32.2. The van der Waals surface area contributed by atoms with Crippen molar-refractivity contribution in [1.29, 1.82) is 0 Å². The lowest BCUT2D eigenvalue weighted by atomic mass is 10.2. The minimum absolute atomic E-state index is 0.172. The van der Waals surface area contributed by atoms with Crippen LogP contribution in [0.15, 0.2) is 65.6 Å². The average molecular weight is 544 g/mol. The number of nitrogens with zero attached hydrogens (tertiary/aromatic N) is 3. The van der Waals surface area contributed by atoms with Crippen LogP contribution in [0, 0.1) is 17.0 Å². The summed E-state index contributed by atoms with van der Waals surface area (Å²) in [4.78, 5) is 25.1. The number of nitro benzene ring substituents is 1. The maximum absolute atomic E-state index is 13.7. The van der Waals surface area contributed by atoms with Gasteiger partial charge in [0.05, 0.1) is 36.8 Å². The fourth-order valence-electron chi connectivity index (χ4n) is 3.72. The second-order valence-electron chi connectivity index (χ2n) is 8.35. The van der Waals surface area contributed by atoms with E-state index in [1.807, 2.05) is 0 Å². The molecule has 0 N–H and O–H groups in total. The van der Waals surface area contributed by atoms with Gasteiger partial charge in [-0.1, -0.05) is 12.1 Å². The molecule has 0 bridgehead atoms. The Morgan fingerprint density at radius 1 is 0.921 bits per heavy atom. The molecule has 3 rings (SSSR count). The first-order valence-corrected chi connectivity index (χ1v) is 12.8. The molecular weight excluding hydrogens is 514 g/mol. The zero-order valence-corrected chi connectivity index (χ0v) is 22.5. The van der Waals surface area contributed by atoms with Crippen LogP contribution in [0.25, 0.3) is 0 Å². The van der Waals surface area contributed by atoms with Crippen LogP contribution in [0.3, 0.4) is 0 Å². The van der Waals surface area contributed by atoms with Crippen LogP contribution >= 0.6 is 0 Å². The van der Waals surface area contributed by atoms with Crippen LogP contribution in [0.5, 0.6) is 17.2 Å². The number of ether oxygens (including phenoxy) is 3. The molecule has 0 aromatic heterocycles. The first-order chi connectivity index (χ1) is 18.0. The predicted molar refractivity (Wildman–Crippen MR) is 141 cm³/mol. The summed E-state index contributed by atoms with van der Waals surface area (Å²) in [5.41, 5.74) is 0.918. The largest absolute Gasteiger partial charge is 0.497 e. The van der Waals surface area contributed by atoms with Crippen molar-refractivity contribution in [3.8, 4) is 17.2 Å². The molecule has 0 heterocycles. The van der Waals surface area contributed by atoms with Crippen molar-refractivity contribution in [2.24, 2.45) is 0 Å². The molecule has 0 aliphatic rings. The Hall–Kier alpha value is -4.32. The van der Waals surface area contributed by atoms with Crippen molar-refractivity contribution in [3.63, 3.8) is 0 Å². The van der Waals surface area contributed by atoms with Gasteiger partial charge >= 0.3 is 0 Å². The Morgan fingerprint density at radius 2 is 1.58 bits per heavy atom. The zero-order chi connectivity index (χ0) is 28.0. The number of carbonyl (C=O) groups is 1. The molecule has 3 aromatic carbocycles. The van der Waals surface area contributed by atoms with E-state index in [0.29, 0.717) is 22.8 Å². The Morgan fingerprint density at radius 3 is 2.16 bits per heavy atom. The Kier molecular flexibility index (Phi) is 8.79. The molecule has 0 spiro atoms. The molecule has 0 unspecified atom stereocenters. The van der Waals surface area contributed by atoms with E-state index < -0.39 is 27.4 Å². The summed E-state index contributed by atoms with van der Waals surface area (Å²) in [5, 5.41) is 11.4. The van der Waals surface area contributed by atoms with E-state index in [2.05, 4.69) is 0 Å². The van der Waals surface area contributed by atoms with Gasteiger partial charge in [-0.25, -0.2) is 8.42 Å².